The van der Waals surface area contributed by atoms with Crippen LogP contribution in [-0.4, -0.2) is 60.4 Å². The molecule has 0 aromatic rings. The fourth-order valence-corrected chi connectivity index (χ4v) is 2.74. The molecule has 5 heteroatoms. The minimum absolute atomic E-state index is 0.777. The van der Waals surface area contributed by atoms with E-state index in [0.717, 1.165) is 26.3 Å². The Balaban J connectivity index is 3.16. The Hall–Kier alpha value is 1.34. The zero-order valence-electron chi connectivity index (χ0n) is 8.89. The van der Waals surface area contributed by atoms with Gasteiger partial charge in [0.15, 0.2) is 0 Å². The summed E-state index contributed by atoms with van der Waals surface area (Å²) in [6, 6.07) is 0. The van der Waals surface area contributed by atoms with Crippen LogP contribution in [-0.2, 0) is 4.74 Å². The number of hydrogen-bond acceptors (Lipinski definition) is 3. The third-order valence-electron chi connectivity index (χ3n) is 1.62. The number of rotatable bonds is 7. The van der Waals surface area contributed by atoms with Crippen molar-refractivity contribution in [2.24, 2.45) is 0 Å². The van der Waals surface area contributed by atoms with Gasteiger partial charge in [-0.05, 0) is 0 Å². The van der Waals surface area contributed by atoms with Crippen molar-refractivity contribution in [3.8, 4) is 0 Å². The van der Waals surface area contributed by atoms with Crippen molar-refractivity contribution in [3.63, 3.8) is 0 Å². The SMILES string of the molecule is CN(C)CCOCCN(C)I(C)I. The molecule has 0 spiro atoms. The fourth-order valence-electron chi connectivity index (χ4n) is 0.656. The van der Waals surface area contributed by atoms with Crippen LogP contribution in [0.3, 0.4) is 0 Å². The number of ether oxygens (including phenoxy) is 1. The van der Waals surface area contributed by atoms with Gasteiger partial charge in [0, 0.05) is 0 Å². The van der Waals surface area contributed by atoms with Crippen LogP contribution in [0.4, 0.5) is 0 Å². The van der Waals surface area contributed by atoms with Crippen LogP contribution in [0.5, 0.6) is 0 Å². The molecule has 0 aliphatic rings. The van der Waals surface area contributed by atoms with Gasteiger partial charge < -0.3 is 0 Å². The van der Waals surface area contributed by atoms with Crippen LogP contribution in [0.15, 0.2) is 0 Å². The zero-order chi connectivity index (χ0) is 10.3. The van der Waals surface area contributed by atoms with E-state index in [4.69, 9.17) is 4.74 Å². The van der Waals surface area contributed by atoms with E-state index in [1.165, 1.54) is 0 Å². The predicted octanol–water partition coefficient (Wildman–Crippen LogP) is 1.90. The number of alkyl halides is 1. The molecule has 0 fully saturated rings. The summed E-state index contributed by atoms with van der Waals surface area (Å²) >= 11 is 1.78. The van der Waals surface area contributed by atoms with Crippen molar-refractivity contribution in [2.75, 3.05) is 52.4 Å². The standard InChI is InChI=1S/C8H20I2N2O/c1-10(9)12(4)6-8-13-7-5-11(2)3/h5-8H2,1-4H3. The van der Waals surface area contributed by atoms with Gasteiger partial charge in [-0.15, -0.1) is 0 Å². The van der Waals surface area contributed by atoms with Crippen LogP contribution in [0.1, 0.15) is 0 Å². The number of hydrogen-bond donors (Lipinski definition) is 0. The Morgan fingerprint density at radius 1 is 1.15 bits per heavy atom. The molecular weight excluding hydrogens is 394 g/mol. The van der Waals surface area contributed by atoms with Gasteiger partial charge in [-0.25, -0.2) is 0 Å². The molecule has 13 heavy (non-hydrogen) atoms. The van der Waals surface area contributed by atoms with E-state index >= 15 is 0 Å². The number of halogens is 2. The predicted molar refractivity (Wildman–Crippen MR) is 76.0 cm³/mol. The van der Waals surface area contributed by atoms with Gasteiger partial charge in [0.25, 0.3) is 0 Å². The molecule has 0 saturated carbocycles. The monoisotopic (exact) mass is 414 g/mol. The number of nitrogens with zero attached hydrogens (tertiary/aromatic N) is 2. The van der Waals surface area contributed by atoms with Crippen LogP contribution in [0.25, 0.3) is 0 Å². The average Bonchev–Trinajstić information content (AvgIpc) is 2.02. The summed E-state index contributed by atoms with van der Waals surface area (Å²) in [5.74, 6) is 0. The van der Waals surface area contributed by atoms with Gasteiger partial charge >= 0.3 is 99.9 Å². The fraction of sp³-hybridized carbons (Fsp3) is 1.00. The second kappa shape index (κ2) is 8.63. The van der Waals surface area contributed by atoms with Gasteiger partial charge in [-0.1, -0.05) is 0 Å². The Morgan fingerprint density at radius 2 is 1.69 bits per heavy atom. The van der Waals surface area contributed by atoms with E-state index in [-0.39, 0.29) is 0 Å². The summed E-state index contributed by atoms with van der Waals surface area (Å²) in [4.78, 5) is 4.48. The summed E-state index contributed by atoms with van der Waals surface area (Å²) < 4.78 is 7.93. The molecule has 0 amide bonds. The van der Waals surface area contributed by atoms with Crippen LogP contribution in [0.2, 0.25) is 0 Å². The summed E-state index contributed by atoms with van der Waals surface area (Å²) in [5, 5.41) is 0. The first kappa shape index (κ1) is 14.3. The second-order valence-corrected chi connectivity index (χ2v) is 14.8. The molecule has 0 aromatic heterocycles. The Bertz CT molecular complexity index is 123. The maximum absolute atomic E-state index is 5.50. The average molecular weight is 414 g/mol. The van der Waals surface area contributed by atoms with Crippen molar-refractivity contribution in [1.82, 2.24) is 8.01 Å². The van der Waals surface area contributed by atoms with Crippen LogP contribution < -0.4 is 0 Å². The minimum atomic E-state index is -0.777. The van der Waals surface area contributed by atoms with Gasteiger partial charge in [-0.3, -0.25) is 0 Å². The molecule has 82 valence electrons. The van der Waals surface area contributed by atoms with Crippen molar-refractivity contribution in [1.29, 1.82) is 0 Å². The van der Waals surface area contributed by atoms with Gasteiger partial charge in [-0.2, -0.15) is 0 Å². The van der Waals surface area contributed by atoms with E-state index in [1.54, 1.807) is 0 Å². The normalized spacial score (nSPS) is 12.7. The number of likely N-dealkylation sites (N-methyl/N-ethyl adjacent to an activating group) is 2. The molecule has 0 aliphatic carbocycles. The van der Waals surface area contributed by atoms with Crippen molar-refractivity contribution in [2.45, 2.75) is 0 Å². The maximum atomic E-state index is 5.50. The van der Waals surface area contributed by atoms with Crippen LogP contribution >= 0.6 is 34.7 Å². The Kier molecular flexibility index (Phi) is 9.52. The van der Waals surface area contributed by atoms with E-state index in [1.807, 2.05) is 0 Å². The van der Waals surface area contributed by atoms with Crippen molar-refractivity contribution in [3.05, 3.63) is 0 Å². The Labute approximate surface area is 99.1 Å². The zero-order valence-corrected chi connectivity index (χ0v) is 13.2. The van der Waals surface area contributed by atoms with E-state index < -0.39 is 16.1 Å². The van der Waals surface area contributed by atoms with E-state index in [0.29, 0.717) is 0 Å². The van der Waals surface area contributed by atoms with Gasteiger partial charge in [0.1, 0.15) is 0 Å². The molecule has 0 saturated heterocycles. The summed E-state index contributed by atoms with van der Waals surface area (Å²) in [6.45, 7) is 3.81. The first-order valence-corrected chi connectivity index (χ1v) is 13.6. The molecule has 0 heterocycles. The topological polar surface area (TPSA) is 15.7 Å². The van der Waals surface area contributed by atoms with E-state index in [2.05, 4.69) is 52.7 Å². The molecule has 0 rings (SSSR count). The quantitative estimate of drug-likeness (QED) is 0.274. The second-order valence-electron chi connectivity index (χ2n) is 3.12. The summed E-state index contributed by atoms with van der Waals surface area (Å²) in [6.07, 6.45) is 0. The van der Waals surface area contributed by atoms with Gasteiger partial charge in [0.05, 0.1) is 0 Å². The molecular formula is C8H20I2N2O. The van der Waals surface area contributed by atoms with Crippen molar-refractivity contribution < 1.29 is 4.74 Å². The van der Waals surface area contributed by atoms with Crippen LogP contribution in [0, 0.1) is 0 Å². The molecule has 3 nitrogen and oxygen atoms in total. The third kappa shape index (κ3) is 9.64. The molecule has 0 atom stereocenters. The Morgan fingerprint density at radius 3 is 2.15 bits per heavy atom. The molecule has 0 radical (unpaired) electrons. The molecule has 0 aliphatic heterocycles. The molecule has 0 aromatic carbocycles. The first-order chi connectivity index (χ1) is 6.04. The third-order valence-corrected chi connectivity index (χ3v) is 8.55. The molecule has 0 unspecified atom stereocenters. The molecule has 0 bridgehead atoms. The molecule has 0 N–H and O–H groups in total. The van der Waals surface area contributed by atoms with E-state index in [9.17, 15) is 0 Å². The van der Waals surface area contributed by atoms with Crippen molar-refractivity contribution >= 4 is 34.7 Å². The van der Waals surface area contributed by atoms with Gasteiger partial charge in [0.2, 0.25) is 0 Å². The first-order valence-electron chi connectivity index (χ1n) is 4.24. The summed E-state index contributed by atoms with van der Waals surface area (Å²) in [7, 11) is 6.32. The summed E-state index contributed by atoms with van der Waals surface area (Å²) in [5.41, 5.74) is 0.